The second kappa shape index (κ2) is 12.7. The first-order valence-electron chi connectivity index (χ1n) is 13.8. The van der Waals surface area contributed by atoms with Gasteiger partial charge in [-0.2, -0.15) is 0 Å². The molecular weight excluding hydrogens is 512 g/mol. The number of piperidine rings is 1. The third-order valence-electron chi connectivity index (χ3n) is 7.78. The maximum absolute atomic E-state index is 12.6. The lowest BCUT2D eigenvalue weighted by molar-refractivity contribution is -0.276. The van der Waals surface area contributed by atoms with E-state index in [0.717, 1.165) is 41.9 Å². The highest BCUT2D eigenvalue weighted by molar-refractivity contribution is 7.89. The van der Waals surface area contributed by atoms with Crippen molar-refractivity contribution in [2.75, 3.05) is 19.6 Å². The Balaban J connectivity index is 1.31. The topological polar surface area (TPSA) is 88.1 Å². The predicted molar refractivity (Wildman–Crippen MR) is 150 cm³/mol. The Labute approximate surface area is 231 Å². The Morgan fingerprint density at radius 3 is 2.15 bits per heavy atom. The van der Waals surface area contributed by atoms with Crippen LogP contribution in [0.1, 0.15) is 60.8 Å². The zero-order chi connectivity index (χ0) is 27.2. The number of sulfonamides is 1. The Hall–Kier alpha value is -2.59. The lowest BCUT2D eigenvalue weighted by Gasteiger charge is -2.43. The molecule has 2 aliphatic heterocycles. The van der Waals surface area contributed by atoms with Gasteiger partial charge in [0.05, 0.1) is 23.7 Å². The largest absolute Gasteiger partial charge is 0.392 e. The summed E-state index contributed by atoms with van der Waals surface area (Å²) in [6.45, 7) is 5.46. The van der Waals surface area contributed by atoms with Crippen LogP contribution in [0.5, 0.6) is 0 Å². The summed E-state index contributed by atoms with van der Waals surface area (Å²) >= 11 is 0. The van der Waals surface area contributed by atoms with Gasteiger partial charge in [0.1, 0.15) is 0 Å². The third-order valence-corrected chi connectivity index (χ3v) is 9.20. The number of benzene rings is 3. The van der Waals surface area contributed by atoms with E-state index in [-0.39, 0.29) is 36.2 Å². The molecule has 3 aromatic rings. The first-order chi connectivity index (χ1) is 18.9. The second-order valence-corrected chi connectivity index (χ2v) is 12.3. The van der Waals surface area contributed by atoms with Gasteiger partial charge in [0.15, 0.2) is 6.29 Å². The molecule has 0 spiro atoms. The fourth-order valence-corrected chi connectivity index (χ4v) is 6.42. The fourth-order valence-electron chi connectivity index (χ4n) is 5.38. The summed E-state index contributed by atoms with van der Waals surface area (Å²) in [5.41, 5.74) is 3.70. The number of likely N-dealkylation sites (tertiary alicyclic amines) is 1. The molecule has 0 amide bonds. The number of hydrogen-bond acceptors (Lipinski definition) is 6. The van der Waals surface area contributed by atoms with Crippen molar-refractivity contribution in [2.45, 2.75) is 62.7 Å². The van der Waals surface area contributed by atoms with Gasteiger partial charge in [0.25, 0.3) is 0 Å². The molecule has 4 atom stereocenters. The highest BCUT2D eigenvalue weighted by atomic mass is 32.2. The molecular formula is C31H38N2O5S. The molecule has 2 N–H and O–H groups in total. The summed E-state index contributed by atoms with van der Waals surface area (Å²) in [6, 6.07) is 24.1. The molecule has 8 heteroatoms. The third kappa shape index (κ3) is 6.95. The molecule has 7 nitrogen and oxygen atoms in total. The first kappa shape index (κ1) is 28.0. The second-order valence-electron chi connectivity index (χ2n) is 10.6. The van der Waals surface area contributed by atoms with Gasteiger partial charge in [0.2, 0.25) is 10.0 Å². The maximum atomic E-state index is 12.6. The predicted octanol–water partition coefficient (Wildman–Crippen LogP) is 4.93. The van der Waals surface area contributed by atoms with Gasteiger partial charge in [-0.3, -0.25) is 0 Å². The van der Waals surface area contributed by atoms with Crippen molar-refractivity contribution in [3.63, 3.8) is 0 Å². The van der Waals surface area contributed by atoms with Crippen LogP contribution in [0.25, 0.3) is 0 Å². The van der Waals surface area contributed by atoms with E-state index in [1.165, 1.54) is 19.3 Å². The van der Waals surface area contributed by atoms with Crippen LogP contribution in [0.4, 0.5) is 0 Å². The van der Waals surface area contributed by atoms with Crippen molar-refractivity contribution in [1.29, 1.82) is 0 Å². The van der Waals surface area contributed by atoms with E-state index in [9.17, 15) is 13.5 Å². The van der Waals surface area contributed by atoms with Gasteiger partial charge in [-0.05, 0) is 54.8 Å². The van der Waals surface area contributed by atoms with E-state index in [2.05, 4.69) is 16.5 Å². The minimum atomic E-state index is -3.58. The molecule has 0 aromatic heterocycles. The van der Waals surface area contributed by atoms with Crippen LogP contribution in [0.15, 0.2) is 83.8 Å². The Bertz CT molecular complexity index is 1290. The molecule has 2 fully saturated rings. The monoisotopic (exact) mass is 550 g/mol. The lowest BCUT2D eigenvalue weighted by Crippen LogP contribution is -2.45. The molecule has 0 saturated carbocycles. The smallest absolute Gasteiger partial charge is 0.240 e. The molecule has 0 aliphatic carbocycles. The summed E-state index contributed by atoms with van der Waals surface area (Å²) in [7, 11) is -3.58. The number of ether oxygens (including phenoxy) is 2. The number of hydrogen-bond donors (Lipinski definition) is 2. The highest BCUT2D eigenvalue weighted by Gasteiger charge is 2.39. The van der Waals surface area contributed by atoms with Crippen LogP contribution >= 0.6 is 0 Å². The van der Waals surface area contributed by atoms with Gasteiger partial charge >= 0.3 is 0 Å². The molecule has 0 radical (unpaired) electrons. The lowest BCUT2D eigenvalue weighted by atomic mass is 9.89. The Kier molecular flexibility index (Phi) is 9.12. The molecule has 208 valence electrons. The van der Waals surface area contributed by atoms with Crippen molar-refractivity contribution >= 4 is 10.0 Å². The zero-order valence-electron chi connectivity index (χ0n) is 22.4. The maximum Gasteiger partial charge on any atom is 0.240 e. The fraction of sp³-hybridized carbons (Fsp3) is 0.419. The van der Waals surface area contributed by atoms with Gasteiger partial charge in [-0.1, -0.05) is 80.1 Å². The normalized spacial score (nSPS) is 24.5. The van der Waals surface area contributed by atoms with Crippen LogP contribution < -0.4 is 4.72 Å². The van der Waals surface area contributed by atoms with Crippen molar-refractivity contribution in [3.8, 4) is 0 Å². The minimum Gasteiger partial charge on any atom is -0.392 e. The van der Waals surface area contributed by atoms with E-state index >= 15 is 0 Å². The molecule has 2 heterocycles. The quantitative estimate of drug-likeness (QED) is 0.393. The molecule has 39 heavy (non-hydrogen) atoms. The first-order valence-corrected chi connectivity index (χ1v) is 15.3. The highest BCUT2D eigenvalue weighted by Crippen LogP contribution is 2.42. The van der Waals surface area contributed by atoms with Gasteiger partial charge in [0, 0.05) is 24.6 Å². The Morgan fingerprint density at radius 1 is 0.846 bits per heavy atom. The standard InChI is InChI=1S/C31H38N2O5S/c1-23-29(21-33-18-6-3-7-19-33)37-31(38-30(23)26-14-12-25(22-34)13-15-26)27-16-10-24(11-17-27)20-32-39(35,36)28-8-4-2-5-9-28/h2,4-5,8-17,23,29-32,34H,3,6-7,18-22H2,1H3/t23-,29+,30+,31+/m0/s1. The van der Waals surface area contributed by atoms with Crippen molar-refractivity contribution < 1.29 is 23.0 Å². The molecule has 0 bridgehead atoms. The molecule has 5 rings (SSSR count). The zero-order valence-corrected chi connectivity index (χ0v) is 23.2. The van der Waals surface area contributed by atoms with Crippen molar-refractivity contribution in [2.24, 2.45) is 5.92 Å². The average Bonchev–Trinajstić information content (AvgIpc) is 2.98. The number of aliphatic hydroxyl groups excluding tert-OH is 1. The van der Waals surface area contributed by atoms with Crippen LogP contribution in [0, 0.1) is 5.92 Å². The molecule has 0 unspecified atom stereocenters. The molecule has 3 aromatic carbocycles. The SMILES string of the molecule is C[C@H]1[C@@H](CN2CCCCC2)O[C@@H](c2ccc(CNS(=O)(=O)c3ccccc3)cc2)O[C@H]1c1ccc(CO)cc1. The van der Waals surface area contributed by atoms with Crippen molar-refractivity contribution in [1.82, 2.24) is 9.62 Å². The summed E-state index contributed by atoms with van der Waals surface area (Å²) in [5, 5.41) is 9.47. The van der Waals surface area contributed by atoms with Crippen LogP contribution in [0.2, 0.25) is 0 Å². The summed E-state index contributed by atoms with van der Waals surface area (Å²) < 4.78 is 41.0. The van der Waals surface area contributed by atoms with Crippen LogP contribution in [-0.4, -0.2) is 44.2 Å². The van der Waals surface area contributed by atoms with E-state index in [4.69, 9.17) is 9.47 Å². The van der Waals surface area contributed by atoms with Crippen molar-refractivity contribution in [3.05, 3.63) is 101 Å². The van der Waals surface area contributed by atoms with Crippen LogP contribution in [-0.2, 0) is 32.6 Å². The number of nitrogens with one attached hydrogen (secondary N) is 1. The van der Waals surface area contributed by atoms with Gasteiger partial charge < -0.3 is 19.5 Å². The number of rotatable bonds is 9. The number of aliphatic hydroxyl groups is 1. The summed E-state index contributed by atoms with van der Waals surface area (Å²) in [4.78, 5) is 2.75. The van der Waals surface area contributed by atoms with E-state index in [1.54, 1.807) is 30.3 Å². The van der Waals surface area contributed by atoms with E-state index < -0.39 is 16.3 Å². The van der Waals surface area contributed by atoms with E-state index in [0.29, 0.717) is 0 Å². The minimum absolute atomic E-state index is 0.00160. The summed E-state index contributed by atoms with van der Waals surface area (Å²) in [5.74, 6) is 0.148. The number of nitrogens with zero attached hydrogens (tertiary/aromatic N) is 1. The van der Waals surface area contributed by atoms with E-state index in [1.807, 2.05) is 48.5 Å². The summed E-state index contributed by atoms with van der Waals surface area (Å²) in [6.07, 6.45) is 3.06. The Morgan fingerprint density at radius 2 is 1.49 bits per heavy atom. The van der Waals surface area contributed by atoms with Crippen LogP contribution in [0.3, 0.4) is 0 Å². The van der Waals surface area contributed by atoms with Gasteiger partial charge in [-0.25, -0.2) is 13.1 Å². The molecule has 2 saturated heterocycles. The average molecular weight is 551 g/mol. The van der Waals surface area contributed by atoms with Gasteiger partial charge in [-0.15, -0.1) is 0 Å². The molecule has 2 aliphatic rings.